The van der Waals surface area contributed by atoms with E-state index in [4.69, 9.17) is 5.73 Å². The lowest BCUT2D eigenvalue weighted by Crippen LogP contribution is -2.49. The van der Waals surface area contributed by atoms with Crippen molar-refractivity contribution >= 4 is 21.6 Å². The Labute approximate surface area is 119 Å². The Kier molecular flexibility index (Phi) is 4.29. The van der Waals surface area contributed by atoms with Crippen molar-refractivity contribution in [3.8, 4) is 0 Å². The third-order valence-electron chi connectivity index (χ3n) is 3.22. The van der Waals surface area contributed by atoms with Crippen LogP contribution in [-0.4, -0.2) is 44.6 Å². The molecule has 0 saturated carbocycles. The molecule has 1 unspecified atom stereocenters. The van der Waals surface area contributed by atoms with Crippen molar-refractivity contribution in [1.82, 2.24) is 9.62 Å². The lowest BCUT2D eigenvalue weighted by Gasteiger charge is -2.32. The van der Waals surface area contributed by atoms with Crippen LogP contribution in [0, 0.1) is 0 Å². The normalized spacial score (nSPS) is 19.9. The summed E-state index contributed by atoms with van der Waals surface area (Å²) in [5, 5.41) is 0. The van der Waals surface area contributed by atoms with Crippen molar-refractivity contribution in [2.75, 3.05) is 25.1 Å². The van der Waals surface area contributed by atoms with Gasteiger partial charge < -0.3 is 10.6 Å². The second-order valence-corrected chi connectivity index (χ2v) is 6.89. The number of amides is 1. The SMILES string of the molecule is CS(=O)(=O)NC1CCCN(C(=O)c2cccc(N)c2)C1. The number of rotatable bonds is 3. The lowest BCUT2D eigenvalue weighted by molar-refractivity contribution is 0.0703. The predicted molar refractivity (Wildman–Crippen MR) is 77.8 cm³/mol. The number of nitrogen functional groups attached to an aromatic ring is 1. The zero-order valence-corrected chi connectivity index (χ0v) is 12.2. The van der Waals surface area contributed by atoms with Crippen molar-refractivity contribution in [1.29, 1.82) is 0 Å². The molecule has 6 nitrogen and oxygen atoms in total. The minimum absolute atomic E-state index is 0.114. The van der Waals surface area contributed by atoms with Gasteiger partial charge in [0.2, 0.25) is 10.0 Å². The van der Waals surface area contributed by atoms with E-state index in [0.29, 0.717) is 24.3 Å². The van der Waals surface area contributed by atoms with Crippen LogP contribution < -0.4 is 10.5 Å². The Morgan fingerprint density at radius 1 is 1.45 bits per heavy atom. The molecule has 0 aliphatic carbocycles. The second-order valence-electron chi connectivity index (χ2n) is 5.11. The molecule has 1 aromatic carbocycles. The summed E-state index contributed by atoms with van der Waals surface area (Å²) in [7, 11) is -3.25. The number of benzene rings is 1. The summed E-state index contributed by atoms with van der Waals surface area (Å²) < 4.78 is 25.1. The van der Waals surface area contributed by atoms with Gasteiger partial charge in [-0.3, -0.25) is 4.79 Å². The van der Waals surface area contributed by atoms with E-state index in [-0.39, 0.29) is 11.9 Å². The van der Waals surface area contributed by atoms with Crippen molar-refractivity contribution in [2.24, 2.45) is 0 Å². The third-order valence-corrected chi connectivity index (χ3v) is 3.98. The van der Waals surface area contributed by atoms with Crippen molar-refractivity contribution in [3.63, 3.8) is 0 Å². The van der Waals surface area contributed by atoms with Gasteiger partial charge in [0.25, 0.3) is 5.91 Å². The van der Waals surface area contributed by atoms with Gasteiger partial charge in [-0.05, 0) is 31.0 Å². The Morgan fingerprint density at radius 3 is 2.85 bits per heavy atom. The van der Waals surface area contributed by atoms with Crippen LogP contribution in [0.2, 0.25) is 0 Å². The van der Waals surface area contributed by atoms with Gasteiger partial charge in [-0.1, -0.05) is 6.07 Å². The number of nitrogens with two attached hydrogens (primary N) is 1. The van der Waals surface area contributed by atoms with Crippen LogP contribution in [-0.2, 0) is 10.0 Å². The lowest BCUT2D eigenvalue weighted by atomic mass is 10.1. The quantitative estimate of drug-likeness (QED) is 0.791. The van der Waals surface area contributed by atoms with Crippen molar-refractivity contribution in [3.05, 3.63) is 29.8 Å². The van der Waals surface area contributed by atoms with Crippen LogP contribution in [0.5, 0.6) is 0 Å². The molecule has 1 heterocycles. The molecule has 1 fully saturated rings. The van der Waals surface area contributed by atoms with Crippen molar-refractivity contribution in [2.45, 2.75) is 18.9 Å². The molecule has 1 saturated heterocycles. The Balaban J connectivity index is 2.07. The van der Waals surface area contributed by atoms with E-state index in [9.17, 15) is 13.2 Å². The van der Waals surface area contributed by atoms with E-state index < -0.39 is 10.0 Å². The van der Waals surface area contributed by atoms with Gasteiger partial charge in [-0.2, -0.15) is 0 Å². The summed E-state index contributed by atoms with van der Waals surface area (Å²) in [5.41, 5.74) is 6.75. The number of carbonyl (C=O) groups excluding carboxylic acids is 1. The topological polar surface area (TPSA) is 92.5 Å². The highest BCUT2D eigenvalue weighted by atomic mass is 32.2. The molecular weight excluding hydrogens is 278 g/mol. The van der Waals surface area contributed by atoms with Gasteiger partial charge in [0.05, 0.1) is 6.26 Å². The van der Waals surface area contributed by atoms with E-state index >= 15 is 0 Å². The van der Waals surface area contributed by atoms with Gasteiger partial charge in [-0.15, -0.1) is 0 Å². The van der Waals surface area contributed by atoms with Gasteiger partial charge in [-0.25, -0.2) is 13.1 Å². The Bertz CT molecular complexity index is 601. The summed E-state index contributed by atoms with van der Waals surface area (Å²) in [6.45, 7) is 1.02. The molecule has 0 radical (unpaired) electrons. The Hall–Kier alpha value is -1.60. The molecular formula is C13H19N3O3S. The number of hydrogen-bond acceptors (Lipinski definition) is 4. The molecule has 1 aliphatic rings. The maximum Gasteiger partial charge on any atom is 0.253 e. The van der Waals surface area contributed by atoms with Crippen LogP contribution in [0.15, 0.2) is 24.3 Å². The number of likely N-dealkylation sites (tertiary alicyclic amines) is 1. The standard InChI is InChI=1S/C13H19N3O3S/c1-20(18,19)15-12-6-3-7-16(9-12)13(17)10-4-2-5-11(14)8-10/h2,4-5,8,12,15H,3,6-7,9,14H2,1H3. The highest BCUT2D eigenvalue weighted by molar-refractivity contribution is 7.88. The number of nitrogens with zero attached hydrogens (tertiary/aromatic N) is 1. The zero-order chi connectivity index (χ0) is 14.8. The molecule has 1 amide bonds. The molecule has 7 heteroatoms. The van der Waals surface area contributed by atoms with Gasteiger partial charge in [0.1, 0.15) is 0 Å². The fraction of sp³-hybridized carbons (Fsp3) is 0.462. The average Bonchev–Trinajstić information content (AvgIpc) is 2.36. The highest BCUT2D eigenvalue weighted by Gasteiger charge is 2.26. The van der Waals surface area contributed by atoms with E-state index in [1.165, 1.54) is 0 Å². The number of nitrogens with one attached hydrogen (secondary N) is 1. The highest BCUT2D eigenvalue weighted by Crippen LogP contribution is 2.15. The molecule has 0 aromatic heterocycles. The summed E-state index contributed by atoms with van der Waals surface area (Å²) in [5.74, 6) is -0.114. The number of carbonyl (C=O) groups is 1. The first-order valence-electron chi connectivity index (χ1n) is 6.47. The molecule has 1 atom stereocenters. The molecule has 0 spiro atoms. The number of piperidine rings is 1. The van der Waals surface area contributed by atoms with E-state index in [1.54, 1.807) is 29.2 Å². The van der Waals surface area contributed by atoms with Crippen LogP contribution in [0.25, 0.3) is 0 Å². The monoisotopic (exact) mass is 297 g/mol. The predicted octanol–water partition coefficient (Wildman–Crippen LogP) is 0.423. The molecule has 20 heavy (non-hydrogen) atoms. The van der Waals surface area contributed by atoms with Crippen molar-refractivity contribution < 1.29 is 13.2 Å². The van der Waals surface area contributed by atoms with Crippen LogP contribution in [0.1, 0.15) is 23.2 Å². The smallest absolute Gasteiger partial charge is 0.253 e. The molecule has 1 aromatic rings. The number of sulfonamides is 1. The van der Waals surface area contributed by atoms with E-state index in [1.807, 2.05) is 0 Å². The summed E-state index contributed by atoms with van der Waals surface area (Å²) in [6.07, 6.45) is 2.65. The summed E-state index contributed by atoms with van der Waals surface area (Å²) >= 11 is 0. The van der Waals surface area contributed by atoms with E-state index in [0.717, 1.165) is 19.1 Å². The van der Waals surface area contributed by atoms with Crippen LogP contribution in [0.4, 0.5) is 5.69 Å². The van der Waals surface area contributed by atoms with E-state index in [2.05, 4.69) is 4.72 Å². The van der Waals surface area contributed by atoms with Crippen LogP contribution in [0.3, 0.4) is 0 Å². The molecule has 110 valence electrons. The largest absolute Gasteiger partial charge is 0.399 e. The first-order chi connectivity index (χ1) is 9.35. The summed E-state index contributed by atoms with van der Waals surface area (Å²) in [4.78, 5) is 14.0. The fourth-order valence-electron chi connectivity index (χ4n) is 2.41. The minimum Gasteiger partial charge on any atom is -0.399 e. The van der Waals surface area contributed by atoms with Gasteiger partial charge in [0, 0.05) is 30.4 Å². The maximum atomic E-state index is 12.4. The number of hydrogen-bond donors (Lipinski definition) is 2. The Morgan fingerprint density at radius 2 is 2.20 bits per heavy atom. The fourth-order valence-corrected chi connectivity index (χ4v) is 3.21. The average molecular weight is 297 g/mol. The second kappa shape index (κ2) is 5.80. The molecule has 1 aliphatic heterocycles. The molecule has 0 bridgehead atoms. The van der Waals surface area contributed by atoms with Gasteiger partial charge >= 0.3 is 0 Å². The molecule has 3 N–H and O–H groups in total. The maximum absolute atomic E-state index is 12.4. The third kappa shape index (κ3) is 3.94. The van der Waals surface area contributed by atoms with Crippen LogP contribution >= 0.6 is 0 Å². The number of anilines is 1. The van der Waals surface area contributed by atoms with Gasteiger partial charge in [0.15, 0.2) is 0 Å². The summed E-state index contributed by atoms with van der Waals surface area (Å²) in [6, 6.07) is 6.59. The minimum atomic E-state index is -3.25. The first-order valence-corrected chi connectivity index (χ1v) is 8.36. The molecule has 2 rings (SSSR count). The first kappa shape index (κ1) is 14.8. The zero-order valence-electron chi connectivity index (χ0n) is 11.4.